The molecule has 2 heterocycles. The van der Waals surface area contributed by atoms with Gasteiger partial charge in [0.15, 0.2) is 0 Å². The summed E-state index contributed by atoms with van der Waals surface area (Å²) < 4.78 is 1.77. The van der Waals surface area contributed by atoms with Crippen LogP contribution in [-0.4, -0.2) is 9.38 Å². The number of fused-ring (bicyclic) bond motifs is 3. The van der Waals surface area contributed by atoms with E-state index in [1.54, 1.807) is 4.40 Å². The first-order chi connectivity index (χ1) is 14.2. The van der Waals surface area contributed by atoms with E-state index >= 15 is 0 Å². The summed E-state index contributed by atoms with van der Waals surface area (Å²) in [6.45, 7) is 4.36. The second kappa shape index (κ2) is 6.85. The first-order valence-electron chi connectivity index (χ1n) is 10.2. The molecule has 3 heteroatoms. The highest BCUT2D eigenvalue weighted by Crippen LogP contribution is 2.31. The van der Waals surface area contributed by atoms with E-state index in [9.17, 15) is 4.79 Å². The van der Waals surface area contributed by atoms with Crippen molar-refractivity contribution in [3.63, 3.8) is 0 Å². The predicted octanol–water partition coefficient (Wildman–Crippen LogP) is 6.55. The van der Waals surface area contributed by atoms with Crippen LogP contribution in [0, 0.1) is 0 Å². The lowest BCUT2D eigenvalue weighted by atomic mass is 10.0. The van der Waals surface area contributed by atoms with Gasteiger partial charge in [0.25, 0.3) is 5.56 Å². The van der Waals surface area contributed by atoms with E-state index in [1.807, 2.05) is 54.6 Å². The molecule has 0 atom stereocenters. The molecule has 6 rings (SSSR count). The van der Waals surface area contributed by atoms with Gasteiger partial charge in [-0.2, -0.15) is 0 Å². The fraction of sp³-hybridized carbons (Fsp3) is 0.154. The third kappa shape index (κ3) is 2.58. The van der Waals surface area contributed by atoms with Gasteiger partial charge in [0, 0.05) is 21.5 Å². The van der Waals surface area contributed by atoms with Gasteiger partial charge in [-0.15, -0.1) is 0 Å². The molecule has 0 aliphatic carbocycles. The van der Waals surface area contributed by atoms with Gasteiger partial charge in [-0.3, -0.25) is 9.20 Å². The fourth-order valence-corrected chi connectivity index (χ4v) is 4.07. The largest absolute Gasteiger partial charge is 0.268 e. The molecular formula is C26H22N2O. The average molecular weight is 378 g/mol. The minimum Gasteiger partial charge on any atom is -0.268 e. The van der Waals surface area contributed by atoms with Crippen LogP contribution in [-0.2, 0) is 0 Å². The van der Waals surface area contributed by atoms with Crippen molar-refractivity contribution in [1.29, 1.82) is 0 Å². The molecule has 0 N–H and O–H groups in total. The quantitative estimate of drug-likeness (QED) is 0.240. The standard InChI is InChI=1S/C22H12N2O.C4H10/c25-22-16-10-2-6-13-5-1-9-15(19(13)16)21-23-17-11-3-7-14-8-4-12-18(20(14)17)24(21)22;1-3-4-2/h1-12H;3-4H2,1-2H3. The highest BCUT2D eigenvalue weighted by atomic mass is 16.1. The van der Waals surface area contributed by atoms with E-state index in [2.05, 4.69) is 32.0 Å². The predicted molar refractivity (Wildman–Crippen MR) is 123 cm³/mol. The van der Waals surface area contributed by atoms with Crippen molar-refractivity contribution in [2.45, 2.75) is 26.7 Å². The Morgan fingerprint density at radius 2 is 1.31 bits per heavy atom. The van der Waals surface area contributed by atoms with Crippen LogP contribution in [0.25, 0.3) is 49.0 Å². The molecule has 4 aromatic carbocycles. The van der Waals surface area contributed by atoms with Crippen molar-refractivity contribution < 1.29 is 0 Å². The number of hydrogen-bond acceptors (Lipinski definition) is 2. The maximum atomic E-state index is 13.3. The molecule has 0 spiro atoms. The summed E-state index contributed by atoms with van der Waals surface area (Å²) in [5.74, 6) is 0. The molecule has 3 nitrogen and oxygen atoms in total. The van der Waals surface area contributed by atoms with E-state index in [4.69, 9.17) is 4.98 Å². The third-order valence-corrected chi connectivity index (χ3v) is 5.62. The van der Waals surface area contributed by atoms with Crippen LogP contribution < -0.4 is 5.56 Å². The number of benzene rings is 4. The van der Waals surface area contributed by atoms with Crippen LogP contribution in [0.5, 0.6) is 0 Å². The van der Waals surface area contributed by atoms with Gasteiger partial charge >= 0.3 is 0 Å². The zero-order chi connectivity index (χ0) is 20.0. The van der Waals surface area contributed by atoms with Crippen LogP contribution >= 0.6 is 0 Å². The smallest absolute Gasteiger partial charge is 0.264 e. The summed E-state index contributed by atoms with van der Waals surface area (Å²) in [7, 11) is 0. The first kappa shape index (κ1) is 17.6. The van der Waals surface area contributed by atoms with Crippen molar-refractivity contribution in [3.8, 4) is 0 Å². The van der Waals surface area contributed by atoms with Gasteiger partial charge in [-0.05, 0) is 29.0 Å². The summed E-state index contributed by atoms with van der Waals surface area (Å²) in [5, 5.41) is 5.96. The van der Waals surface area contributed by atoms with Crippen LogP contribution in [0.1, 0.15) is 26.7 Å². The minimum atomic E-state index is -0.00921. The van der Waals surface area contributed by atoms with Crippen LogP contribution in [0.4, 0.5) is 0 Å². The topological polar surface area (TPSA) is 34.4 Å². The summed E-state index contributed by atoms with van der Waals surface area (Å²) >= 11 is 0. The molecule has 2 aromatic heterocycles. The molecule has 0 unspecified atom stereocenters. The molecule has 0 aliphatic rings. The third-order valence-electron chi connectivity index (χ3n) is 5.62. The Morgan fingerprint density at radius 3 is 2.00 bits per heavy atom. The average Bonchev–Trinajstić information content (AvgIpc) is 2.77. The van der Waals surface area contributed by atoms with E-state index in [1.165, 1.54) is 12.8 Å². The van der Waals surface area contributed by atoms with Crippen molar-refractivity contribution in [1.82, 2.24) is 9.38 Å². The molecule has 0 bridgehead atoms. The lowest BCUT2D eigenvalue weighted by molar-refractivity contribution is 0.886. The number of aromatic nitrogens is 2. The second-order valence-electron chi connectivity index (χ2n) is 7.44. The van der Waals surface area contributed by atoms with E-state index in [0.717, 1.165) is 49.0 Å². The van der Waals surface area contributed by atoms with Crippen LogP contribution in [0.2, 0.25) is 0 Å². The normalized spacial score (nSPS) is 11.5. The van der Waals surface area contributed by atoms with Crippen molar-refractivity contribution in [3.05, 3.63) is 83.2 Å². The first-order valence-corrected chi connectivity index (χ1v) is 10.2. The van der Waals surface area contributed by atoms with Gasteiger partial charge in [-0.25, -0.2) is 4.98 Å². The maximum absolute atomic E-state index is 13.3. The van der Waals surface area contributed by atoms with Gasteiger partial charge < -0.3 is 0 Å². The number of rotatable bonds is 1. The fourth-order valence-electron chi connectivity index (χ4n) is 4.07. The molecular weight excluding hydrogens is 356 g/mol. The Hall–Kier alpha value is -3.46. The van der Waals surface area contributed by atoms with Gasteiger partial charge in [0.2, 0.25) is 0 Å². The van der Waals surface area contributed by atoms with Gasteiger partial charge in [0.1, 0.15) is 5.65 Å². The highest BCUT2D eigenvalue weighted by molar-refractivity contribution is 6.16. The van der Waals surface area contributed by atoms with Crippen molar-refractivity contribution in [2.24, 2.45) is 0 Å². The number of hydrogen-bond donors (Lipinski definition) is 0. The van der Waals surface area contributed by atoms with Crippen LogP contribution in [0.15, 0.2) is 77.6 Å². The van der Waals surface area contributed by atoms with E-state index in [0.29, 0.717) is 0 Å². The molecule has 142 valence electrons. The molecule has 0 fully saturated rings. The molecule has 0 saturated heterocycles. The molecule has 29 heavy (non-hydrogen) atoms. The Bertz CT molecular complexity index is 1530. The van der Waals surface area contributed by atoms with Gasteiger partial charge in [0.05, 0.1) is 11.0 Å². The van der Waals surface area contributed by atoms with Crippen molar-refractivity contribution >= 4 is 49.0 Å². The zero-order valence-corrected chi connectivity index (χ0v) is 16.6. The number of pyridine rings is 1. The lowest BCUT2D eigenvalue weighted by Gasteiger charge is -2.13. The summed E-state index contributed by atoms with van der Waals surface area (Å²) in [6, 6.07) is 24.2. The molecule has 0 radical (unpaired) electrons. The Balaban J connectivity index is 0.000000419. The van der Waals surface area contributed by atoms with Gasteiger partial charge in [-0.1, -0.05) is 81.3 Å². The number of unbranched alkanes of at least 4 members (excludes halogenated alkanes) is 1. The molecule has 0 saturated carbocycles. The maximum Gasteiger partial charge on any atom is 0.264 e. The monoisotopic (exact) mass is 378 g/mol. The Kier molecular flexibility index (Phi) is 4.17. The van der Waals surface area contributed by atoms with Crippen molar-refractivity contribution in [2.75, 3.05) is 0 Å². The Labute approximate surface area is 168 Å². The van der Waals surface area contributed by atoms with E-state index < -0.39 is 0 Å². The summed E-state index contributed by atoms with van der Waals surface area (Å²) in [6.07, 6.45) is 2.64. The molecule has 6 aromatic rings. The second-order valence-corrected chi connectivity index (χ2v) is 7.44. The summed E-state index contributed by atoms with van der Waals surface area (Å²) in [5.41, 5.74) is 2.55. The van der Waals surface area contributed by atoms with Crippen LogP contribution in [0.3, 0.4) is 0 Å². The SMILES string of the molecule is CCCC.O=c1c2cccc3cccc(c32)c2nc3cccc4cccc(c43)n12. The summed E-state index contributed by atoms with van der Waals surface area (Å²) in [4.78, 5) is 18.2. The minimum absolute atomic E-state index is 0.00921. The zero-order valence-electron chi connectivity index (χ0n) is 16.6. The lowest BCUT2D eigenvalue weighted by Crippen LogP contribution is -2.16. The van der Waals surface area contributed by atoms with E-state index in [-0.39, 0.29) is 5.56 Å². The Morgan fingerprint density at radius 1 is 0.724 bits per heavy atom. The molecule has 0 amide bonds. The number of nitrogens with zero attached hydrogens (tertiary/aromatic N) is 2. The molecule has 0 aliphatic heterocycles. The highest BCUT2D eigenvalue weighted by Gasteiger charge is 2.15.